The van der Waals surface area contributed by atoms with Crippen LogP contribution in [0.25, 0.3) is 0 Å². The van der Waals surface area contributed by atoms with Crippen molar-refractivity contribution in [1.82, 2.24) is 20.5 Å². The summed E-state index contributed by atoms with van der Waals surface area (Å²) in [6.45, 7) is 0.351. The summed E-state index contributed by atoms with van der Waals surface area (Å²) in [7, 11) is 0. The van der Waals surface area contributed by atoms with E-state index in [2.05, 4.69) is 20.8 Å². The van der Waals surface area contributed by atoms with Gasteiger partial charge in [-0.25, -0.2) is 5.06 Å². The van der Waals surface area contributed by atoms with Crippen LogP contribution in [0.3, 0.4) is 0 Å². The van der Waals surface area contributed by atoms with E-state index in [1.165, 1.54) is 0 Å². The number of aromatic nitrogens is 2. The molecule has 0 aromatic carbocycles. The highest BCUT2D eigenvalue weighted by Crippen LogP contribution is 2.46. The second-order valence-corrected chi connectivity index (χ2v) is 9.48. The summed E-state index contributed by atoms with van der Waals surface area (Å²) in [6.07, 6.45) is 6.85. The van der Waals surface area contributed by atoms with E-state index in [-0.39, 0.29) is 48.9 Å². The number of rotatable bonds is 10. The van der Waals surface area contributed by atoms with E-state index in [1.807, 2.05) is 0 Å². The number of β-amino-alcohol motifs (C(OH)–C–C–N with tert-alkyl or cyclic N) is 1. The number of nitrogens with one attached hydrogen (secondary N) is 2. The molecule has 2 saturated carbocycles. The molecule has 2 amide bonds. The Labute approximate surface area is 190 Å². The molecule has 1 saturated heterocycles. The predicted octanol–water partition coefficient (Wildman–Crippen LogP) is 1.72. The standard InChI is InChI=1S/C20H28ClFN6O4/c21-19-23-16(15(22)17(24-19)27-9-20(31,10-27)14-5-6-14)25-26-18(30)13(8-28(32)11-29)7-12-3-1-2-4-12/h11-14,31-32H,1-10H2,(H,26,30)(H,23,24,25). The third kappa shape index (κ3) is 5.05. The summed E-state index contributed by atoms with van der Waals surface area (Å²) >= 11 is 5.96. The van der Waals surface area contributed by atoms with Crippen molar-refractivity contribution in [3.05, 3.63) is 11.1 Å². The van der Waals surface area contributed by atoms with Crippen LogP contribution >= 0.6 is 11.6 Å². The molecule has 1 aliphatic heterocycles. The van der Waals surface area contributed by atoms with Gasteiger partial charge in [0.05, 0.1) is 25.6 Å². The molecule has 4 N–H and O–H groups in total. The smallest absolute Gasteiger partial charge is 0.243 e. The number of carbonyl (C=O) groups excluding carboxylic acids is 2. The number of amides is 2. The van der Waals surface area contributed by atoms with Crippen LogP contribution in [0.2, 0.25) is 5.28 Å². The molecule has 12 heteroatoms. The van der Waals surface area contributed by atoms with Crippen molar-refractivity contribution < 1.29 is 24.3 Å². The molecule has 2 aliphatic carbocycles. The first kappa shape index (κ1) is 22.9. The second-order valence-electron chi connectivity index (χ2n) is 9.14. The fourth-order valence-corrected chi connectivity index (χ4v) is 4.91. The van der Waals surface area contributed by atoms with Crippen LogP contribution in [0.5, 0.6) is 0 Å². The first-order valence-electron chi connectivity index (χ1n) is 11.0. The number of aliphatic hydroxyl groups is 1. The van der Waals surface area contributed by atoms with E-state index in [0.717, 1.165) is 38.5 Å². The lowest BCUT2D eigenvalue weighted by atomic mass is 9.89. The quantitative estimate of drug-likeness (QED) is 0.176. The largest absolute Gasteiger partial charge is 0.386 e. The molecule has 2 heterocycles. The molecule has 1 aromatic heterocycles. The maximum absolute atomic E-state index is 15.0. The van der Waals surface area contributed by atoms with Gasteiger partial charge in [0.1, 0.15) is 5.60 Å². The minimum absolute atomic E-state index is 0.0444. The van der Waals surface area contributed by atoms with E-state index < -0.39 is 23.2 Å². The van der Waals surface area contributed by atoms with Gasteiger partial charge in [-0.1, -0.05) is 25.7 Å². The Hall–Kier alpha value is -2.24. The zero-order valence-electron chi connectivity index (χ0n) is 17.6. The summed E-state index contributed by atoms with van der Waals surface area (Å²) in [5.41, 5.74) is 4.05. The van der Waals surface area contributed by atoms with Crippen molar-refractivity contribution in [3.63, 3.8) is 0 Å². The van der Waals surface area contributed by atoms with Crippen molar-refractivity contribution in [3.8, 4) is 0 Å². The van der Waals surface area contributed by atoms with Crippen LogP contribution in [-0.2, 0) is 9.59 Å². The highest BCUT2D eigenvalue weighted by molar-refractivity contribution is 6.28. The molecule has 0 spiro atoms. The first-order chi connectivity index (χ1) is 15.3. The van der Waals surface area contributed by atoms with Crippen molar-refractivity contribution in [1.29, 1.82) is 0 Å². The summed E-state index contributed by atoms with van der Waals surface area (Å²) in [5.74, 6) is -1.74. The van der Waals surface area contributed by atoms with Crippen LogP contribution in [-0.4, -0.2) is 62.9 Å². The molecule has 3 fully saturated rings. The molecule has 0 bridgehead atoms. The maximum atomic E-state index is 15.0. The van der Waals surface area contributed by atoms with Gasteiger partial charge < -0.3 is 10.0 Å². The van der Waals surface area contributed by atoms with E-state index in [4.69, 9.17) is 11.6 Å². The van der Waals surface area contributed by atoms with Crippen LogP contribution in [0, 0.1) is 23.6 Å². The van der Waals surface area contributed by atoms with E-state index >= 15 is 4.39 Å². The average Bonchev–Trinajstić information content (AvgIpc) is 3.48. The first-order valence-corrected chi connectivity index (χ1v) is 11.3. The second kappa shape index (κ2) is 9.32. The Morgan fingerprint density at radius 2 is 2.00 bits per heavy atom. The molecule has 1 atom stereocenters. The molecule has 10 nitrogen and oxygen atoms in total. The van der Waals surface area contributed by atoms with Gasteiger partial charge in [0.2, 0.25) is 23.4 Å². The summed E-state index contributed by atoms with van der Waals surface area (Å²) < 4.78 is 15.0. The number of hydrogen-bond acceptors (Lipinski definition) is 8. The molecule has 3 aliphatic rings. The number of hydroxylamine groups is 2. The Morgan fingerprint density at radius 3 is 2.62 bits per heavy atom. The van der Waals surface area contributed by atoms with E-state index in [0.29, 0.717) is 17.4 Å². The molecule has 176 valence electrons. The van der Waals surface area contributed by atoms with E-state index in [9.17, 15) is 19.9 Å². The van der Waals surface area contributed by atoms with Crippen LogP contribution in [0.1, 0.15) is 44.9 Å². The zero-order valence-corrected chi connectivity index (χ0v) is 18.4. The summed E-state index contributed by atoms with van der Waals surface area (Å²) in [5, 5.41) is 20.3. The lowest BCUT2D eigenvalue weighted by molar-refractivity contribution is -0.154. The van der Waals surface area contributed by atoms with Gasteiger partial charge in [-0.2, -0.15) is 14.4 Å². The van der Waals surface area contributed by atoms with E-state index in [1.54, 1.807) is 4.90 Å². The van der Waals surface area contributed by atoms with Gasteiger partial charge in [0.15, 0.2) is 11.6 Å². The molecule has 32 heavy (non-hydrogen) atoms. The van der Waals surface area contributed by atoms with Gasteiger partial charge in [-0.15, -0.1) is 0 Å². The lowest BCUT2D eigenvalue weighted by Gasteiger charge is -2.47. The average molecular weight is 471 g/mol. The molecule has 4 rings (SSSR count). The van der Waals surface area contributed by atoms with Crippen LogP contribution in [0.4, 0.5) is 16.0 Å². The van der Waals surface area contributed by atoms with Crippen molar-refractivity contribution in [2.75, 3.05) is 30.0 Å². The van der Waals surface area contributed by atoms with Crippen molar-refractivity contribution in [2.45, 2.75) is 50.5 Å². The maximum Gasteiger partial charge on any atom is 0.243 e. The van der Waals surface area contributed by atoms with Crippen molar-refractivity contribution in [2.24, 2.45) is 17.8 Å². The molecular formula is C20H28ClFN6O4. The van der Waals surface area contributed by atoms with Gasteiger partial charge in [-0.05, 0) is 42.7 Å². The van der Waals surface area contributed by atoms with Crippen molar-refractivity contribution >= 4 is 35.6 Å². The van der Waals surface area contributed by atoms with Gasteiger partial charge in [0.25, 0.3) is 0 Å². The number of hydrazine groups is 1. The Morgan fingerprint density at radius 1 is 1.31 bits per heavy atom. The summed E-state index contributed by atoms with van der Waals surface area (Å²) in [4.78, 5) is 32.9. The normalized spacial score (nSPS) is 21.1. The highest BCUT2D eigenvalue weighted by Gasteiger charge is 2.53. The Kier molecular flexibility index (Phi) is 6.68. The minimum Gasteiger partial charge on any atom is -0.386 e. The molecule has 0 radical (unpaired) electrons. The SMILES string of the molecule is O=CN(O)CC(CC1CCCC1)C(=O)NNc1nc(Cl)nc(N2CC(O)(C3CC3)C2)c1F. The lowest BCUT2D eigenvalue weighted by Crippen LogP contribution is -2.63. The number of nitrogens with zero attached hydrogens (tertiary/aromatic N) is 4. The minimum atomic E-state index is -0.826. The number of hydrogen-bond donors (Lipinski definition) is 4. The molecule has 1 unspecified atom stereocenters. The monoisotopic (exact) mass is 470 g/mol. The fourth-order valence-electron chi connectivity index (χ4n) is 4.75. The number of anilines is 2. The molecular weight excluding hydrogens is 443 g/mol. The Bertz CT molecular complexity index is 861. The fraction of sp³-hybridized carbons (Fsp3) is 0.700. The zero-order chi connectivity index (χ0) is 22.9. The van der Waals surface area contributed by atoms with Gasteiger partial charge >= 0.3 is 0 Å². The Balaban J connectivity index is 1.40. The third-order valence-corrected chi connectivity index (χ3v) is 6.84. The van der Waals surface area contributed by atoms with Crippen LogP contribution in [0.15, 0.2) is 0 Å². The molecule has 1 aromatic rings. The van der Waals surface area contributed by atoms with Gasteiger partial charge in [-0.3, -0.25) is 25.6 Å². The summed E-state index contributed by atoms with van der Waals surface area (Å²) in [6, 6.07) is 0. The van der Waals surface area contributed by atoms with Gasteiger partial charge in [0, 0.05) is 0 Å². The third-order valence-electron chi connectivity index (χ3n) is 6.67. The predicted molar refractivity (Wildman–Crippen MR) is 113 cm³/mol. The number of carbonyl (C=O) groups is 2. The number of halogens is 2. The topological polar surface area (TPSA) is 131 Å². The van der Waals surface area contributed by atoms with Crippen LogP contribution < -0.4 is 15.8 Å². The highest BCUT2D eigenvalue weighted by atomic mass is 35.5.